The number of rotatable bonds is 4. The van der Waals surface area contributed by atoms with Gasteiger partial charge in [-0.25, -0.2) is 4.98 Å². The summed E-state index contributed by atoms with van der Waals surface area (Å²) in [5, 5.41) is 1.08. The third-order valence-corrected chi connectivity index (χ3v) is 2.44. The summed E-state index contributed by atoms with van der Waals surface area (Å²) in [5.74, 6) is 0.512. The van der Waals surface area contributed by atoms with E-state index in [2.05, 4.69) is 15.4 Å². The lowest BCUT2D eigenvalue weighted by Crippen LogP contribution is -2.19. The summed E-state index contributed by atoms with van der Waals surface area (Å²) in [6, 6.07) is 4.98. The molecular weight excluding hydrogens is 242 g/mol. The van der Waals surface area contributed by atoms with Gasteiger partial charge in [-0.05, 0) is 25.1 Å². The largest absolute Gasteiger partial charge is 0.309 e. The second-order valence-electron chi connectivity index (χ2n) is 3.43. The van der Waals surface area contributed by atoms with Crippen LogP contribution in [0.4, 0.5) is 0 Å². The highest BCUT2D eigenvalue weighted by molar-refractivity contribution is 6.31. The van der Waals surface area contributed by atoms with E-state index in [1.54, 1.807) is 18.2 Å². The van der Waals surface area contributed by atoms with E-state index in [0.717, 1.165) is 0 Å². The van der Waals surface area contributed by atoms with Crippen LogP contribution >= 0.6 is 11.6 Å². The molecule has 0 spiro atoms. The number of hydrogen-bond donors (Lipinski definition) is 2. The van der Waals surface area contributed by atoms with Crippen LogP contribution in [0.15, 0.2) is 23.0 Å². The van der Waals surface area contributed by atoms with Crippen LogP contribution in [-0.4, -0.2) is 16.6 Å². The molecular formula is C11H12ClN3O2. The van der Waals surface area contributed by atoms with Crippen LogP contribution in [0.3, 0.4) is 0 Å². The number of H-pyrrole nitrogens is 1. The van der Waals surface area contributed by atoms with Gasteiger partial charge in [-0.1, -0.05) is 11.6 Å². The van der Waals surface area contributed by atoms with Gasteiger partial charge in [0.25, 0.3) is 5.56 Å². The number of nitrogens with one attached hydrogen (secondary N) is 2. The van der Waals surface area contributed by atoms with Crippen molar-refractivity contribution in [2.24, 2.45) is 0 Å². The van der Waals surface area contributed by atoms with Gasteiger partial charge in [0.05, 0.1) is 24.1 Å². The highest BCUT2D eigenvalue weighted by Crippen LogP contribution is 2.14. The first kappa shape index (κ1) is 12.0. The van der Waals surface area contributed by atoms with Crippen molar-refractivity contribution >= 4 is 22.5 Å². The predicted molar refractivity (Wildman–Crippen MR) is 65.8 cm³/mol. The number of nitrogens with zero attached hydrogens (tertiary/aromatic N) is 1. The molecule has 0 bridgehead atoms. The van der Waals surface area contributed by atoms with Crippen LogP contribution in [0.1, 0.15) is 12.7 Å². The molecule has 1 aromatic heterocycles. The molecule has 1 aromatic carbocycles. The molecule has 0 unspecified atom stereocenters. The third kappa shape index (κ3) is 2.82. The molecule has 0 saturated carbocycles. The smallest absolute Gasteiger partial charge is 0.258 e. The number of fused-ring (bicyclic) bond motifs is 1. The lowest BCUT2D eigenvalue weighted by molar-refractivity contribution is 0.0448. The second-order valence-corrected chi connectivity index (χ2v) is 3.86. The zero-order chi connectivity index (χ0) is 12.3. The maximum Gasteiger partial charge on any atom is 0.258 e. The Bertz CT molecular complexity index is 582. The molecule has 2 aromatic rings. The Balaban J connectivity index is 2.36. The quantitative estimate of drug-likeness (QED) is 0.642. The van der Waals surface area contributed by atoms with Gasteiger partial charge in [0.2, 0.25) is 0 Å². The average molecular weight is 254 g/mol. The highest BCUT2D eigenvalue weighted by atomic mass is 35.5. The third-order valence-electron chi connectivity index (χ3n) is 2.20. The van der Waals surface area contributed by atoms with Gasteiger partial charge in [-0.2, -0.15) is 5.48 Å². The van der Waals surface area contributed by atoms with E-state index < -0.39 is 0 Å². The number of halogens is 1. The van der Waals surface area contributed by atoms with Gasteiger partial charge in [0.1, 0.15) is 5.82 Å². The normalized spacial score (nSPS) is 10.9. The zero-order valence-corrected chi connectivity index (χ0v) is 10.0. The predicted octanol–water partition coefficient (Wildman–Crippen LogP) is 1.62. The van der Waals surface area contributed by atoms with Crippen LogP contribution in [0.2, 0.25) is 5.02 Å². The molecule has 0 amide bonds. The van der Waals surface area contributed by atoms with Crippen LogP contribution < -0.4 is 11.0 Å². The fraction of sp³-hybridized carbons (Fsp3) is 0.273. The van der Waals surface area contributed by atoms with E-state index in [1.807, 2.05) is 6.92 Å². The minimum Gasteiger partial charge on any atom is -0.309 e. The lowest BCUT2D eigenvalue weighted by atomic mass is 10.2. The van der Waals surface area contributed by atoms with E-state index in [9.17, 15) is 4.79 Å². The summed E-state index contributed by atoms with van der Waals surface area (Å²) < 4.78 is 0. The topological polar surface area (TPSA) is 67.0 Å². The fourth-order valence-corrected chi connectivity index (χ4v) is 1.63. The van der Waals surface area contributed by atoms with Crippen LogP contribution in [-0.2, 0) is 11.4 Å². The van der Waals surface area contributed by atoms with Crippen molar-refractivity contribution in [1.29, 1.82) is 0 Å². The number of aromatic amines is 1. The molecule has 0 aliphatic carbocycles. The zero-order valence-electron chi connectivity index (χ0n) is 9.29. The molecule has 0 radical (unpaired) electrons. The molecule has 0 atom stereocenters. The molecule has 2 rings (SSSR count). The van der Waals surface area contributed by atoms with Crippen molar-refractivity contribution in [2.75, 3.05) is 6.61 Å². The molecule has 0 saturated heterocycles. The molecule has 2 N–H and O–H groups in total. The standard InChI is InChI=1S/C11H12ClN3O2/c1-2-17-13-6-10-14-9-5-7(12)3-4-8(9)11(16)15-10/h3-5,13H,2,6H2,1H3,(H,14,15,16). The first-order valence-corrected chi connectivity index (χ1v) is 5.61. The van der Waals surface area contributed by atoms with Crippen molar-refractivity contribution in [3.05, 3.63) is 39.4 Å². The first-order chi connectivity index (χ1) is 8.20. The molecule has 0 fully saturated rings. The van der Waals surface area contributed by atoms with Gasteiger partial charge in [-0.15, -0.1) is 0 Å². The Morgan fingerprint density at radius 3 is 3.12 bits per heavy atom. The summed E-state index contributed by atoms with van der Waals surface area (Å²) in [6.45, 7) is 2.75. The minimum absolute atomic E-state index is 0.181. The Morgan fingerprint density at radius 1 is 1.53 bits per heavy atom. The van der Waals surface area contributed by atoms with Gasteiger partial charge >= 0.3 is 0 Å². The van der Waals surface area contributed by atoms with E-state index in [0.29, 0.717) is 34.9 Å². The molecule has 17 heavy (non-hydrogen) atoms. The monoisotopic (exact) mass is 253 g/mol. The average Bonchev–Trinajstić information content (AvgIpc) is 2.28. The van der Waals surface area contributed by atoms with Gasteiger partial charge in [0, 0.05) is 5.02 Å². The van der Waals surface area contributed by atoms with Crippen LogP contribution in [0.25, 0.3) is 10.9 Å². The fourth-order valence-electron chi connectivity index (χ4n) is 1.47. The van der Waals surface area contributed by atoms with Gasteiger partial charge < -0.3 is 9.82 Å². The molecule has 90 valence electrons. The highest BCUT2D eigenvalue weighted by Gasteiger charge is 2.04. The summed E-state index contributed by atoms with van der Waals surface area (Å²) in [5.41, 5.74) is 3.09. The van der Waals surface area contributed by atoms with E-state index in [1.165, 1.54) is 0 Å². The molecule has 6 heteroatoms. The Hall–Kier alpha value is -1.43. The van der Waals surface area contributed by atoms with E-state index >= 15 is 0 Å². The van der Waals surface area contributed by atoms with Crippen molar-refractivity contribution in [1.82, 2.24) is 15.4 Å². The summed E-state index contributed by atoms with van der Waals surface area (Å²) >= 11 is 5.86. The van der Waals surface area contributed by atoms with Crippen molar-refractivity contribution in [2.45, 2.75) is 13.5 Å². The summed E-state index contributed by atoms with van der Waals surface area (Å²) in [6.07, 6.45) is 0. The van der Waals surface area contributed by atoms with Crippen molar-refractivity contribution < 1.29 is 4.84 Å². The van der Waals surface area contributed by atoms with E-state index in [-0.39, 0.29) is 5.56 Å². The molecule has 5 nitrogen and oxygen atoms in total. The molecule has 0 aliphatic rings. The van der Waals surface area contributed by atoms with Crippen LogP contribution in [0, 0.1) is 0 Å². The van der Waals surface area contributed by atoms with Gasteiger partial charge in [0.15, 0.2) is 0 Å². The SMILES string of the molecule is CCONCc1nc2cc(Cl)ccc2c(=O)[nH]1. The Morgan fingerprint density at radius 2 is 2.35 bits per heavy atom. The summed E-state index contributed by atoms with van der Waals surface area (Å²) in [7, 11) is 0. The Kier molecular flexibility index (Phi) is 3.73. The van der Waals surface area contributed by atoms with E-state index in [4.69, 9.17) is 16.4 Å². The number of benzene rings is 1. The van der Waals surface area contributed by atoms with Crippen molar-refractivity contribution in [3.8, 4) is 0 Å². The second kappa shape index (κ2) is 5.27. The molecule has 1 heterocycles. The van der Waals surface area contributed by atoms with Crippen molar-refractivity contribution in [3.63, 3.8) is 0 Å². The maximum absolute atomic E-state index is 11.7. The van der Waals surface area contributed by atoms with Gasteiger partial charge in [-0.3, -0.25) is 4.79 Å². The molecule has 0 aliphatic heterocycles. The first-order valence-electron chi connectivity index (χ1n) is 5.24. The number of hydroxylamine groups is 1. The lowest BCUT2D eigenvalue weighted by Gasteiger charge is -2.04. The maximum atomic E-state index is 11.7. The number of aromatic nitrogens is 2. The Labute approximate surface area is 103 Å². The summed E-state index contributed by atoms with van der Waals surface area (Å²) in [4.78, 5) is 23.7. The minimum atomic E-state index is -0.181. The number of hydrogen-bond acceptors (Lipinski definition) is 4. The van der Waals surface area contributed by atoms with Crippen LogP contribution in [0.5, 0.6) is 0 Å².